The van der Waals surface area contributed by atoms with E-state index in [1.807, 2.05) is 25.2 Å². The molecule has 10 heteroatoms. The minimum absolute atomic E-state index is 0. The summed E-state index contributed by atoms with van der Waals surface area (Å²) in [6.45, 7) is 26.4. The number of methoxy groups -OCH3 is 1. The second-order valence-corrected chi connectivity index (χ2v) is 19.8. The first kappa shape index (κ1) is 51.8. The van der Waals surface area contributed by atoms with E-state index in [-0.39, 0.29) is 59.6 Å². The van der Waals surface area contributed by atoms with E-state index in [4.69, 9.17) is 19.4 Å². The fourth-order valence-electron chi connectivity index (χ4n) is 10.6. The minimum atomic E-state index is -1.03. The van der Waals surface area contributed by atoms with Gasteiger partial charge in [0.2, 0.25) is 0 Å². The maximum Gasteiger partial charge on any atom is 2.00 e. The van der Waals surface area contributed by atoms with Gasteiger partial charge in [-0.2, -0.15) is 0 Å². The van der Waals surface area contributed by atoms with Crippen LogP contribution < -0.4 is 36.6 Å². The quantitative estimate of drug-likeness (QED) is 0.0588. The fourth-order valence-corrected chi connectivity index (χ4v) is 10.6. The number of hydrogen-bond acceptors (Lipinski definition) is 6. The Balaban J connectivity index is 0.00000793. The molecule has 0 amide bonds. The predicted octanol–water partition coefficient (Wildman–Crippen LogP) is 8.24. The van der Waals surface area contributed by atoms with Crippen LogP contribution in [0, 0.1) is 56.3 Å². The van der Waals surface area contributed by atoms with Crippen molar-refractivity contribution in [1.29, 1.82) is 0 Å². The maximum absolute atomic E-state index is 13.7. The molecule has 9 nitrogen and oxygen atoms in total. The van der Waals surface area contributed by atoms with Gasteiger partial charge >= 0.3 is 35.0 Å². The number of nitrogens with one attached hydrogen (secondary N) is 2. The molecule has 6 atom stereocenters. The zero-order chi connectivity index (χ0) is 46.4. The largest absolute Gasteiger partial charge is 2.00 e. The molecule has 5 heterocycles. The summed E-state index contributed by atoms with van der Waals surface area (Å²) in [5.41, 5.74) is 10.3. The van der Waals surface area contributed by atoms with Crippen molar-refractivity contribution in [3.8, 4) is 0 Å². The van der Waals surface area contributed by atoms with Crippen molar-refractivity contribution in [3.63, 3.8) is 0 Å². The van der Waals surface area contributed by atoms with E-state index in [0.717, 1.165) is 92.7 Å². The van der Waals surface area contributed by atoms with Crippen molar-refractivity contribution in [2.45, 2.75) is 152 Å². The van der Waals surface area contributed by atoms with Crippen LogP contribution in [0.25, 0.3) is 35.6 Å². The molecule has 6 rings (SSSR count). The molecule has 348 valence electrons. The monoisotopic (exact) mass is 897 g/mol. The number of fused-ring (bicyclic) bond motifs is 8. The van der Waals surface area contributed by atoms with Crippen molar-refractivity contribution >= 4 is 70.6 Å². The Hall–Kier alpha value is -4.15. The van der Waals surface area contributed by atoms with Crippen molar-refractivity contribution in [1.82, 2.24) is 20.3 Å². The number of allylic oxidation sites excluding steroid dienone is 2. The molecule has 8 bridgehead atoms. The smallest absolute Gasteiger partial charge is 0.657 e. The summed E-state index contributed by atoms with van der Waals surface area (Å²) in [6, 6.07) is -0.440. The summed E-state index contributed by atoms with van der Waals surface area (Å²) in [5, 5.41) is 18.8. The number of aromatic nitrogens is 3. The summed E-state index contributed by atoms with van der Waals surface area (Å²) in [7, 11) is 1.35. The Kier molecular flexibility index (Phi) is 18.4. The van der Waals surface area contributed by atoms with E-state index in [2.05, 4.69) is 91.3 Å². The first-order chi connectivity index (χ1) is 30.6. The summed E-state index contributed by atoms with van der Waals surface area (Å²) >= 11 is 0. The Bertz CT molecular complexity index is 2510. The number of aromatic amines is 1. The number of aliphatic hydroxyl groups is 1. The molecule has 2 aliphatic heterocycles. The van der Waals surface area contributed by atoms with Crippen molar-refractivity contribution in [2.24, 2.45) is 35.5 Å². The van der Waals surface area contributed by atoms with Crippen LogP contribution in [0.4, 0.5) is 0 Å². The number of aliphatic hydroxyl groups excluding tert-OH is 1. The molecule has 65 heavy (non-hydrogen) atoms. The average Bonchev–Trinajstić information content (AvgIpc) is 3.99. The normalized spacial score (nSPS) is 21.7. The topological polar surface area (TPSA) is 129 Å². The van der Waals surface area contributed by atoms with Gasteiger partial charge in [-0.25, -0.2) is 0 Å². The molecule has 3 N–H and O–H groups in total. The van der Waals surface area contributed by atoms with Gasteiger partial charge in [0.15, 0.2) is 0 Å². The number of carbonyl (C=O) groups excluding carboxylic acids is 2. The van der Waals surface area contributed by atoms with Crippen LogP contribution in [-0.2, 0) is 25.5 Å². The first-order valence-electron chi connectivity index (χ1n) is 24.3. The van der Waals surface area contributed by atoms with Crippen LogP contribution in [-0.4, -0.2) is 64.8 Å². The molecule has 1 fully saturated rings. The molecule has 3 aromatic heterocycles. The molecular formula is C55H76MgN4O5. The van der Waals surface area contributed by atoms with E-state index >= 15 is 0 Å². The van der Waals surface area contributed by atoms with Crippen molar-refractivity contribution in [2.75, 3.05) is 13.7 Å². The molecule has 0 saturated carbocycles. The van der Waals surface area contributed by atoms with Gasteiger partial charge in [-0.3, -0.25) is 9.59 Å². The maximum atomic E-state index is 13.7. The zero-order valence-corrected chi connectivity index (χ0v) is 42.9. The Morgan fingerprint density at radius 2 is 1.52 bits per heavy atom. The number of esters is 2. The molecule has 0 spiro atoms. The van der Waals surface area contributed by atoms with E-state index in [1.54, 1.807) is 0 Å². The van der Waals surface area contributed by atoms with Gasteiger partial charge in [0.05, 0.1) is 13.2 Å². The number of ether oxygens (including phenoxy) is 2. The van der Waals surface area contributed by atoms with Gasteiger partial charge in [-0.05, 0) is 105 Å². The number of carbonyl (C=O) groups is 2. The van der Waals surface area contributed by atoms with E-state index in [1.165, 1.54) is 63.2 Å². The fraction of sp³-hybridized carbons (Fsp3) is 0.564. The van der Waals surface area contributed by atoms with E-state index in [9.17, 15) is 14.7 Å². The number of nitrogens with zero attached hydrogens (tertiary/aromatic N) is 2. The third kappa shape index (κ3) is 11.7. The molecular weight excluding hydrogens is 821 g/mol. The number of rotatable bonds is 20. The van der Waals surface area contributed by atoms with Gasteiger partial charge in [-0.15, -0.1) is 22.4 Å². The molecule has 1 saturated heterocycles. The van der Waals surface area contributed by atoms with E-state index < -0.39 is 17.9 Å². The van der Waals surface area contributed by atoms with Crippen LogP contribution in [0.3, 0.4) is 0 Å². The third-order valence-corrected chi connectivity index (χ3v) is 14.7. The number of hydrogen-bond donors (Lipinski definition) is 3. The standard InChI is InChI=1S/C55H76N4O5.Mg/c1-13-39-35(8)42-28-44-37(10)41(24-25-48(60)64-27-26-34(7)23-17-22-33(6)21-16-20-32(5)19-15-18-31(3)4)52(58-44)50-51(55(62)63-12)54(61)49-38(11)45(59-53(49)50)30-47-40(14-2)36(9)43(57-47)29-46(39)56-42;/h13,26,28-33,37,41,51-52,57-58,61H,1,14-25,27H2,2-12H3;/q-2;+2/b34-26-,43-29-,44-28-,47-30-;/t32-,33-,37+,41+,51-,52?;/m1./s1. The first-order valence-corrected chi connectivity index (χ1v) is 24.3. The molecule has 3 aromatic rings. The molecule has 1 unspecified atom stereocenters. The van der Waals surface area contributed by atoms with Crippen LogP contribution in [0.5, 0.6) is 0 Å². The van der Waals surface area contributed by atoms with Crippen LogP contribution in [0.2, 0.25) is 0 Å². The average molecular weight is 898 g/mol. The molecule has 3 aliphatic rings. The van der Waals surface area contributed by atoms with Crippen LogP contribution in [0.1, 0.15) is 164 Å². The zero-order valence-electron chi connectivity index (χ0n) is 41.5. The van der Waals surface area contributed by atoms with Gasteiger partial charge in [0.1, 0.15) is 18.3 Å². The van der Waals surface area contributed by atoms with Gasteiger partial charge in [-0.1, -0.05) is 134 Å². The summed E-state index contributed by atoms with van der Waals surface area (Å²) in [4.78, 5) is 41.1. The molecule has 1 aliphatic carbocycles. The van der Waals surface area contributed by atoms with Crippen molar-refractivity contribution < 1.29 is 24.2 Å². The summed E-state index contributed by atoms with van der Waals surface area (Å²) in [5.74, 6) is 0.241. The summed E-state index contributed by atoms with van der Waals surface area (Å²) < 4.78 is 11.2. The molecule has 0 aromatic carbocycles. The van der Waals surface area contributed by atoms with Crippen LogP contribution in [0.15, 0.2) is 23.9 Å². The summed E-state index contributed by atoms with van der Waals surface area (Å²) in [6.07, 6.45) is 23.0. The predicted molar refractivity (Wildman–Crippen MR) is 267 cm³/mol. The Morgan fingerprint density at radius 3 is 2.17 bits per heavy atom. The minimum Gasteiger partial charge on any atom is -0.657 e. The second-order valence-electron chi connectivity index (χ2n) is 19.8. The van der Waals surface area contributed by atoms with Crippen molar-refractivity contribution in [3.05, 3.63) is 90.1 Å². The second kappa shape index (κ2) is 23.0. The Labute approximate surface area is 404 Å². The Morgan fingerprint density at radius 1 is 0.877 bits per heavy atom. The van der Waals surface area contributed by atoms with Crippen LogP contribution >= 0.6 is 0 Å². The third-order valence-electron chi connectivity index (χ3n) is 14.7. The van der Waals surface area contributed by atoms with E-state index in [0.29, 0.717) is 22.6 Å². The van der Waals surface area contributed by atoms with Gasteiger partial charge in [0, 0.05) is 34.0 Å². The molecule has 0 radical (unpaired) electrons. The number of H-pyrrole nitrogens is 1. The van der Waals surface area contributed by atoms with Gasteiger partial charge in [0.25, 0.3) is 0 Å². The van der Waals surface area contributed by atoms with Gasteiger partial charge < -0.3 is 34.8 Å². The SMILES string of the molecule is C=Cc1c2[n-]c(c1C)/C=C1\NC(C3=c4[n-]c(c(C)c4=C(O)[C@@H]3C(=O)OC)/C=c3\[nH]/c(c(C)c3CC)=C\2)[C@@H](CCC(=O)OC/C=C(/C)CCC[C@H](C)CCC[C@H](C)CCCC(C)C)[C@@H]1C.[Mg+2].